The van der Waals surface area contributed by atoms with Crippen molar-refractivity contribution in [3.63, 3.8) is 0 Å². The van der Waals surface area contributed by atoms with Crippen LogP contribution in [0.1, 0.15) is 33.4 Å². The summed E-state index contributed by atoms with van der Waals surface area (Å²) < 4.78 is 6.67. The van der Waals surface area contributed by atoms with Crippen LogP contribution in [0.3, 0.4) is 0 Å². The van der Waals surface area contributed by atoms with E-state index in [1.165, 1.54) is 17.9 Å². The highest BCUT2D eigenvalue weighted by atomic mass is 35.5. The molecule has 0 saturated carbocycles. The van der Waals surface area contributed by atoms with Gasteiger partial charge in [-0.05, 0) is 30.3 Å². The Morgan fingerprint density at radius 1 is 1.27 bits per heavy atom. The zero-order valence-electron chi connectivity index (χ0n) is 15.7. The second-order valence-electron chi connectivity index (χ2n) is 6.49. The van der Waals surface area contributed by atoms with E-state index < -0.39 is 12.1 Å². The number of pyridine rings is 2. The summed E-state index contributed by atoms with van der Waals surface area (Å²) in [6, 6.07) is 10.1. The molecular weight excluding hydrogens is 410 g/mol. The normalized spacial score (nSPS) is 12.1. The number of aliphatic hydroxyl groups is 1. The Kier molecular flexibility index (Phi) is 5.30. The van der Waals surface area contributed by atoms with E-state index in [4.69, 9.17) is 16.3 Å². The summed E-state index contributed by atoms with van der Waals surface area (Å²) in [5, 5.41) is 28.9. The number of carbonyl (C=O) groups is 1. The molecule has 0 amide bonds. The van der Waals surface area contributed by atoms with Gasteiger partial charge in [-0.2, -0.15) is 0 Å². The molecule has 10 heteroatoms. The van der Waals surface area contributed by atoms with Gasteiger partial charge in [0.2, 0.25) is 5.88 Å². The number of hydrogen-bond acceptors (Lipinski definition) is 7. The van der Waals surface area contributed by atoms with Crippen molar-refractivity contribution in [3.8, 4) is 5.88 Å². The molecule has 0 aliphatic rings. The zero-order valence-corrected chi connectivity index (χ0v) is 16.5. The highest BCUT2D eigenvalue weighted by molar-refractivity contribution is 6.31. The van der Waals surface area contributed by atoms with Gasteiger partial charge < -0.3 is 14.9 Å². The van der Waals surface area contributed by atoms with E-state index in [0.29, 0.717) is 32.9 Å². The van der Waals surface area contributed by atoms with Gasteiger partial charge >= 0.3 is 5.97 Å². The van der Waals surface area contributed by atoms with Gasteiger partial charge in [0.15, 0.2) is 0 Å². The third kappa shape index (κ3) is 3.80. The van der Waals surface area contributed by atoms with Crippen LogP contribution in [0.4, 0.5) is 0 Å². The van der Waals surface area contributed by atoms with E-state index in [-0.39, 0.29) is 18.0 Å². The first-order chi connectivity index (χ1) is 14.5. The largest absolute Gasteiger partial charge is 0.480 e. The van der Waals surface area contributed by atoms with Crippen LogP contribution in [0, 0.1) is 0 Å². The Morgan fingerprint density at radius 2 is 2.10 bits per heavy atom. The first-order valence-corrected chi connectivity index (χ1v) is 9.23. The molecule has 0 radical (unpaired) electrons. The first-order valence-electron chi connectivity index (χ1n) is 8.85. The number of aromatic nitrogens is 5. The van der Waals surface area contributed by atoms with Gasteiger partial charge in [-0.1, -0.05) is 22.9 Å². The van der Waals surface area contributed by atoms with Crippen LogP contribution in [0.25, 0.3) is 10.9 Å². The predicted molar refractivity (Wildman–Crippen MR) is 108 cm³/mol. The molecule has 30 heavy (non-hydrogen) atoms. The SMILES string of the molecule is COc1nc2c(Cn3cc(C(O)c4ccccn4)nn3)cc(Cl)cc2cc1C(=O)O. The third-order valence-electron chi connectivity index (χ3n) is 4.49. The molecule has 1 unspecified atom stereocenters. The topological polar surface area (TPSA) is 123 Å². The van der Waals surface area contributed by atoms with Gasteiger partial charge in [0.25, 0.3) is 0 Å². The van der Waals surface area contributed by atoms with E-state index in [0.717, 1.165) is 0 Å². The van der Waals surface area contributed by atoms with Crippen molar-refractivity contribution in [3.05, 3.63) is 76.3 Å². The second-order valence-corrected chi connectivity index (χ2v) is 6.92. The Balaban J connectivity index is 1.70. The molecule has 4 rings (SSSR count). The van der Waals surface area contributed by atoms with Crippen molar-refractivity contribution in [2.45, 2.75) is 12.6 Å². The van der Waals surface area contributed by atoms with Gasteiger partial charge in [0, 0.05) is 22.2 Å². The van der Waals surface area contributed by atoms with Crippen molar-refractivity contribution in [2.24, 2.45) is 0 Å². The van der Waals surface area contributed by atoms with Crippen LogP contribution in [-0.4, -0.2) is 48.3 Å². The summed E-state index contributed by atoms with van der Waals surface area (Å²) in [7, 11) is 1.36. The van der Waals surface area contributed by atoms with Crippen LogP contribution < -0.4 is 4.74 Å². The van der Waals surface area contributed by atoms with E-state index in [1.54, 1.807) is 42.7 Å². The van der Waals surface area contributed by atoms with Crippen molar-refractivity contribution >= 4 is 28.5 Å². The van der Waals surface area contributed by atoms with Gasteiger partial charge in [-0.3, -0.25) is 4.98 Å². The summed E-state index contributed by atoms with van der Waals surface area (Å²) in [5.74, 6) is -1.14. The number of fused-ring (bicyclic) bond motifs is 1. The molecule has 0 bridgehead atoms. The van der Waals surface area contributed by atoms with Crippen molar-refractivity contribution in [2.75, 3.05) is 7.11 Å². The maximum atomic E-state index is 11.5. The molecule has 9 nitrogen and oxygen atoms in total. The summed E-state index contributed by atoms with van der Waals surface area (Å²) in [6.07, 6.45) is 2.19. The average Bonchev–Trinajstić information content (AvgIpc) is 3.21. The molecule has 0 aliphatic carbocycles. The molecule has 2 N–H and O–H groups in total. The Morgan fingerprint density at radius 3 is 2.80 bits per heavy atom. The minimum absolute atomic E-state index is 0.00317. The predicted octanol–water partition coefficient (Wildman–Crippen LogP) is 2.71. The molecule has 0 aliphatic heterocycles. The van der Waals surface area contributed by atoms with Crippen molar-refractivity contribution in [1.29, 1.82) is 0 Å². The number of rotatable bonds is 6. The molecule has 0 spiro atoms. The monoisotopic (exact) mass is 425 g/mol. The first kappa shape index (κ1) is 19.7. The van der Waals surface area contributed by atoms with Gasteiger partial charge in [0.05, 0.1) is 31.1 Å². The lowest BCUT2D eigenvalue weighted by atomic mass is 10.1. The molecule has 1 aromatic carbocycles. The third-order valence-corrected chi connectivity index (χ3v) is 4.71. The minimum atomic E-state index is -1.15. The summed E-state index contributed by atoms with van der Waals surface area (Å²) in [4.78, 5) is 19.9. The van der Waals surface area contributed by atoms with Crippen LogP contribution in [-0.2, 0) is 6.54 Å². The average molecular weight is 426 g/mol. The summed E-state index contributed by atoms with van der Waals surface area (Å²) in [6.45, 7) is 0.252. The quantitative estimate of drug-likeness (QED) is 0.483. The number of nitrogens with zero attached hydrogens (tertiary/aromatic N) is 5. The Labute approximate surface area is 175 Å². The van der Waals surface area contributed by atoms with Gasteiger partial charge in [0.1, 0.15) is 17.4 Å². The van der Waals surface area contributed by atoms with Gasteiger partial charge in [-0.25, -0.2) is 14.5 Å². The number of carboxylic acids is 1. The summed E-state index contributed by atoms with van der Waals surface area (Å²) >= 11 is 6.23. The second kappa shape index (κ2) is 8.05. The number of ether oxygens (including phenoxy) is 1. The van der Waals surface area contributed by atoms with Crippen molar-refractivity contribution in [1.82, 2.24) is 25.0 Å². The number of benzene rings is 1. The smallest absolute Gasteiger partial charge is 0.341 e. The maximum absolute atomic E-state index is 11.5. The van der Waals surface area contributed by atoms with Crippen LogP contribution >= 0.6 is 11.6 Å². The lowest BCUT2D eigenvalue weighted by Crippen LogP contribution is -2.06. The molecule has 0 saturated heterocycles. The molecule has 1 atom stereocenters. The zero-order chi connectivity index (χ0) is 21.3. The fourth-order valence-corrected chi connectivity index (χ4v) is 3.36. The van der Waals surface area contributed by atoms with E-state index in [1.807, 2.05) is 0 Å². The number of carboxylic acid groups (broad SMARTS) is 1. The molecule has 3 heterocycles. The highest BCUT2D eigenvalue weighted by Crippen LogP contribution is 2.28. The fraction of sp³-hybridized carbons (Fsp3) is 0.150. The number of aliphatic hydroxyl groups excluding tert-OH is 1. The van der Waals surface area contributed by atoms with Crippen LogP contribution in [0.2, 0.25) is 5.02 Å². The number of aromatic carboxylic acids is 1. The van der Waals surface area contributed by atoms with Gasteiger partial charge in [-0.15, -0.1) is 5.10 Å². The number of halogens is 1. The lowest BCUT2D eigenvalue weighted by Gasteiger charge is -2.11. The van der Waals surface area contributed by atoms with Crippen LogP contribution in [0.5, 0.6) is 5.88 Å². The Hall–Kier alpha value is -3.56. The summed E-state index contributed by atoms with van der Waals surface area (Å²) in [5.41, 5.74) is 1.98. The lowest BCUT2D eigenvalue weighted by molar-refractivity contribution is 0.0692. The molecule has 152 valence electrons. The molecule has 3 aromatic heterocycles. The highest BCUT2D eigenvalue weighted by Gasteiger charge is 2.18. The standard InChI is InChI=1S/C20H16ClN5O4/c1-30-19-14(20(28)29)8-11-6-13(21)7-12(17(11)23-19)9-26-10-16(24-25-26)18(27)15-4-2-3-5-22-15/h2-8,10,18,27H,9H2,1H3,(H,28,29). The van der Waals surface area contributed by atoms with Crippen molar-refractivity contribution < 1.29 is 19.7 Å². The minimum Gasteiger partial charge on any atom is -0.480 e. The molecule has 0 fully saturated rings. The molecule has 4 aromatic rings. The van der Waals surface area contributed by atoms with Crippen LogP contribution in [0.15, 0.2) is 48.8 Å². The maximum Gasteiger partial charge on any atom is 0.341 e. The number of methoxy groups -OCH3 is 1. The Bertz CT molecular complexity index is 1230. The molecular formula is C20H16ClN5O4. The van der Waals surface area contributed by atoms with E-state index >= 15 is 0 Å². The number of hydrogen-bond donors (Lipinski definition) is 2. The van der Waals surface area contributed by atoms with E-state index in [9.17, 15) is 15.0 Å². The fourth-order valence-electron chi connectivity index (χ4n) is 3.11. The van der Waals surface area contributed by atoms with E-state index in [2.05, 4.69) is 20.3 Å².